The van der Waals surface area contributed by atoms with Crippen molar-refractivity contribution in [2.75, 3.05) is 33.4 Å². The second-order valence-corrected chi connectivity index (χ2v) is 12.9. The lowest BCUT2D eigenvalue weighted by atomic mass is 10.2. The number of hydrogen-bond donors (Lipinski definition) is 0. The molecule has 0 aliphatic rings. The summed E-state index contributed by atoms with van der Waals surface area (Å²) in [6.45, 7) is 1.65. The first-order valence-corrected chi connectivity index (χ1v) is 14.9. The number of ether oxygens (including phenoxy) is 2. The van der Waals surface area contributed by atoms with E-state index >= 15 is 0 Å². The van der Waals surface area contributed by atoms with Gasteiger partial charge in [0.05, 0.1) is 11.1 Å². The standard InChI is InChI=1S/C19H15I6NO4/c1-26(4-6-29-18(27)11-8-10(20)9-14(23)16(11)24)5-7-30-19(28)15-12(21)2-3-13(22)17(15)25/h2-3,8-9H,4-7H2,1H3. The third-order valence-electron chi connectivity index (χ3n) is 3.87. The van der Waals surface area contributed by atoms with Gasteiger partial charge in [-0.1, -0.05) is 0 Å². The largest absolute Gasteiger partial charge is 0.461 e. The van der Waals surface area contributed by atoms with Crippen LogP contribution < -0.4 is 0 Å². The van der Waals surface area contributed by atoms with Crippen molar-refractivity contribution < 1.29 is 19.1 Å². The summed E-state index contributed by atoms with van der Waals surface area (Å²) < 4.78 is 16.6. The molecule has 2 aromatic carbocycles. The van der Waals surface area contributed by atoms with E-state index in [0.717, 1.165) is 21.4 Å². The molecule has 162 valence electrons. The van der Waals surface area contributed by atoms with Crippen molar-refractivity contribution in [3.05, 3.63) is 56.8 Å². The van der Waals surface area contributed by atoms with Crippen LogP contribution in [0.5, 0.6) is 0 Å². The van der Waals surface area contributed by atoms with Crippen molar-refractivity contribution in [2.45, 2.75) is 0 Å². The van der Waals surface area contributed by atoms with Gasteiger partial charge in [-0.3, -0.25) is 4.90 Å². The van der Waals surface area contributed by atoms with Crippen LogP contribution in [0.3, 0.4) is 0 Å². The topological polar surface area (TPSA) is 55.8 Å². The molecule has 2 aromatic rings. The fraction of sp³-hybridized carbons (Fsp3) is 0.263. The number of hydrogen-bond acceptors (Lipinski definition) is 5. The molecule has 0 aromatic heterocycles. The van der Waals surface area contributed by atoms with Crippen LogP contribution in [0.2, 0.25) is 0 Å². The Morgan fingerprint density at radius 3 is 2.00 bits per heavy atom. The lowest BCUT2D eigenvalue weighted by Gasteiger charge is -2.17. The van der Waals surface area contributed by atoms with E-state index in [1.165, 1.54) is 0 Å². The number of rotatable bonds is 8. The summed E-state index contributed by atoms with van der Waals surface area (Å²) in [6.07, 6.45) is 0. The van der Waals surface area contributed by atoms with E-state index in [-0.39, 0.29) is 25.2 Å². The lowest BCUT2D eigenvalue weighted by Crippen LogP contribution is -2.29. The molecule has 0 N–H and O–H groups in total. The van der Waals surface area contributed by atoms with Gasteiger partial charge in [-0.15, -0.1) is 0 Å². The van der Waals surface area contributed by atoms with Crippen molar-refractivity contribution in [3.8, 4) is 0 Å². The fourth-order valence-corrected chi connectivity index (χ4v) is 6.97. The molecule has 0 unspecified atom stereocenters. The number of benzene rings is 2. The van der Waals surface area contributed by atoms with Gasteiger partial charge in [-0.05, 0) is 167 Å². The van der Waals surface area contributed by atoms with Crippen molar-refractivity contribution in [1.82, 2.24) is 4.90 Å². The van der Waals surface area contributed by atoms with Gasteiger partial charge in [0.2, 0.25) is 0 Å². The maximum Gasteiger partial charge on any atom is 0.340 e. The number of esters is 2. The molecule has 0 bridgehead atoms. The van der Waals surface area contributed by atoms with Crippen molar-refractivity contribution in [1.29, 1.82) is 0 Å². The molecular weight excluding hydrogens is 1070 g/mol. The predicted octanol–water partition coefficient (Wildman–Crippen LogP) is 6.26. The Labute approximate surface area is 257 Å². The van der Waals surface area contributed by atoms with Crippen molar-refractivity contribution >= 4 is 147 Å². The van der Waals surface area contributed by atoms with E-state index in [0.29, 0.717) is 24.2 Å². The van der Waals surface area contributed by atoms with E-state index in [2.05, 4.69) is 136 Å². The average Bonchev–Trinajstić information content (AvgIpc) is 2.67. The summed E-state index contributed by atoms with van der Waals surface area (Å²) in [5.41, 5.74) is 1.20. The van der Waals surface area contributed by atoms with Gasteiger partial charge in [0.15, 0.2) is 0 Å². The summed E-state index contributed by atoms with van der Waals surface area (Å²) in [5, 5.41) is 0. The van der Waals surface area contributed by atoms with Crippen LogP contribution in [0.1, 0.15) is 20.7 Å². The normalized spacial score (nSPS) is 10.9. The van der Waals surface area contributed by atoms with E-state index in [9.17, 15) is 9.59 Å². The third-order valence-corrected chi connectivity index (χ3v) is 11.5. The highest BCUT2D eigenvalue weighted by Gasteiger charge is 2.18. The summed E-state index contributed by atoms with van der Waals surface area (Å²) in [5.74, 6) is -0.636. The molecule has 0 aliphatic carbocycles. The lowest BCUT2D eigenvalue weighted by molar-refractivity contribution is 0.0417. The zero-order valence-electron chi connectivity index (χ0n) is 15.5. The second kappa shape index (κ2) is 13.6. The molecule has 0 atom stereocenters. The number of nitrogens with zero attached hydrogens (tertiary/aromatic N) is 1. The van der Waals surface area contributed by atoms with Gasteiger partial charge in [0.1, 0.15) is 13.2 Å². The molecule has 0 fully saturated rings. The summed E-state index contributed by atoms with van der Waals surface area (Å²) >= 11 is 13.1. The van der Waals surface area contributed by atoms with Crippen LogP contribution in [0.25, 0.3) is 0 Å². The first kappa shape index (κ1) is 28.0. The Morgan fingerprint density at radius 2 is 1.37 bits per heavy atom. The molecule has 30 heavy (non-hydrogen) atoms. The Bertz CT molecular complexity index is 953. The minimum absolute atomic E-state index is 0.272. The van der Waals surface area contributed by atoms with Crippen LogP contribution in [0.4, 0.5) is 0 Å². The van der Waals surface area contributed by atoms with Gasteiger partial charge < -0.3 is 9.47 Å². The third kappa shape index (κ3) is 8.19. The molecule has 2 rings (SSSR count). The smallest absolute Gasteiger partial charge is 0.340 e. The molecule has 0 amide bonds. The minimum atomic E-state index is -0.321. The Balaban J connectivity index is 1.78. The monoisotopic (exact) mass is 1080 g/mol. The van der Waals surface area contributed by atoms with Crippen LogP contribution >= 0.6 is 136 Å². The first-order valence-electron chi connectivity index (χ1n) is 8.42. The summed E-state index contributed by atoms with van der Waals surface area (Å²) in [4.78, 5) is 26.8. The summed E-state index contributed by atoms with van der Waals surface area (Å²) in [6, 6.07) is 7.75. The van der Waals surface area contributed by atoms with E-state index in [1.54, 1.807) is 0 Å². The van der Waals surface area contributed by atoms with Crippen LogP contribution in [0.15, 0.2) is 24.3 Å². The van der Waals surface area contributed by atoms with Gasteiger partial charge >= 0.3 is 11.9 Å². The fourth-order valence-electron chi connectivity index (χ4n) is 2.27. The zero-order valence-corrected chi connectivity index (χ0v) is 28.4. The Morgan fingerprint density at radius 1 is 0.800 bits per heavy atom. The molecule has 5 nitrogen and oxygen atoms in total. The Hall–Kier alpha value is 1.72. The van der Waals surface area contributed by atoms with E-state index in [1.807, 2.05) is 36.2 Å². The molecule has 0 heterocycles. The number of likely N-dealkylation sites (N-methyl/N-ethyl adjacent to an activating group) is 1. The minimum Gasteiger partial charge on any atom is -0.461 e. The predicted molar refractivity (Wildman–Crippen MR) is 167 cm³/mol. The van der Waals surface area contributed by atoms with Crippen molar-refractivity contribution in [2.24, 2.45) is 0 Å². The van der Waals surface area contributed by atoms with Gasteiger partial charge in [0.25, 0.3) is 0 Å². The van der Waals surface area contributed by atoms with Crippen LogP contribution in [-0.2, 0) is 9.47 Å². The highest BCUT2D eigenvalue weighted by atomic mass is 127. The molecule has 0 saturated heterocycles. The molecule has 0 aliphatic heterocycles. The molecule has 0 radical (unpaired) electrons. The number of halogens is 6. The maximum absolute atomic E-state index is 12.4. The zero-order chi connectivity index (χ0) is 22.4. The quantitative estimate of drug-likeness (QED) is 0.178. The SMILES string of the molecule is CN(CCOC(=O)c1cc(I)cc(I)c1I)CCOC(=O)c1c(I)ccc(I)c1I. The molecule has 11 heteroatoms. The highest BCUT2D eigenvalue weighted by Crippen LogP contribution is 2.25. The Kier molecular flexibility index (Phi) is 12.6. The van der Waals surface area contributed by atoms with E-state index in [4.69, 9.17) is 9.47 Å². The van der Waals surface area contributed by atoms with Gasteiger partial charge in [0, 0.05) is 34.5 Å². The second-order valence-electron chi connectivity index (χ2n) is 6.04. The summed E-state index contributed by atoms with van der Waals surface area (Å²) in [7, 11) is 1.90. The average molecular weight is 1080 g/mol. The van der Waals surface area contributed by atoms with Gasteiger partial charge in [-0.2, -0.15) is 0 Å². The number of carbonyl (C=O) groups is 2. The molecular formula is C19H15I6NO4. The highest BCUT2D eigenvalue weighted by molar-refractivity contribution is 14.1. The van der Waals surface area contributed by atoms with Crippen LogP contribution in [-0.4, -0.2) is 50.2 Å². The van der Waals surface area contributed by atoms with Crippen LogP contribution in [0, 0.1) is 21.4 Å². The molecule has 0 spiro atoms. The number of carbonyl (C=O) groups excluding carboxylic acids is 2. The van der Waals surface area contributed by atoms with Crippen molar-refractivity contribution in [3.63, 3.8) is 0 Å². The maximum atomic E-state index is 12.4. The van der Waals surface area contributed by atoms with E-state index < -0.39 is 0 Å². The molecule has 0 saturated carbocycles. The van der Waals surface area contributed by atoms with Gasteiger partial charge in [-0.25, -0.2) is 9.59 Å². The first-order chi connectivity index (χ1) is 14.1.